The van der Waals surface area contributed by atoms with Gasteiger partial charge >= 0.3 is 0 Å². The fourth-order valence-electron chi connectivity index (χ4n) is 3.19. The van der Waals surface area contributed by atoms with Crippen LogP contribution in [0, 0.1) is 11.3 Å². The number of fused-ring (bicyclic) bond motifs is 1. The maximum atomic E-state index is 12.5. The predicted octanol–water partition coefficient (Wildman–Crippen LogP) is 4.86. The number of anilines is 1. The summed E-state index contributed by atoms with van der Waals surface area (Å²) in [7, 11) is 0. The smallest absolute Gasteiger partial charge is 0.256 e. The molecule has 1 aliphatic carbocycles. The number of carbonyl (C=O) groups is 1. The van der Waals surface area contributed by atoms with Crippen LogP contribution >= 0.6 is 11.3 Å². The van der Waals surface area contributed by atoms with Gasteiger partial charge in [-0.3, -0.25) is 4.79 Å². The SMILES string of the molecule is CC(C)(C)C1CCc2c(C(=O)Nc3ccc(O)cc3)csc2C1. The average molecular weight is 329 g/mol. The number of thiophene rings is 1. The summed E-state index contributed by atoms with van der Waals surface area (Å²) < 4.78 is 0. The first-order valence-corrected chi connectivity index (χ1v) is 8.92. The van der Waals surface area contributed by atoms with E-state index in [0.29, 0.717) is 17.0 Å². The lowest BCUT2D eigenvalue weighted by Crippen LogP contribution is -2.27. The maximum Gasteiger partial charge on any atom is 0.256 e. The Bertz CT molecular complexity index is 710. The summed E-state index contributed by atoms with van der Waals surface area (Å²) in [4.78, 5) is 13.9. The Kier molecular flexibility index (Phi) is 4.19. The molecule has 1 unspecified atom stereocenters. The number of phenols is 1. The van der Waals surface area contributed by atoms with Crippen molar-refractivity contribution in [2.75, 3.05) is 5.32 Å². The molecule has 0 spiro atoms. The van der Waals surface area contributed by atoms with E-state index < -0.39 is 0 Å². The van der Waals surface area contributed by atoms with Crippen LogP contribution in [0.25, 0.3) is 0 Å². The molecule has 0 aliphatic heterocycles. The molecule has 1 amide bonds. The van der Waals surface area contributed by atoms with E-state index in [1.165, 1.54) is 10.4 Å². The van der Waals surface area contributed by atoms with Crippen molar-refractivity contribution in [2.24, 2.45) is 11.3 Å². The number of hydrogen-bond donors (Lipinski definition) is 2. The molecule has 0 saturated heterocycles. The van der Waals surface area contributed by atoms with E-state index in [-0.39, 0.29) is 11.7 Å². The molecule has 4 heteroatoms. The number of nitrogens with one attached hydrogen (secondary N) is 1. The maximum absolute atomic E-state index is 12.5. The van der Waals surface area contributed by atoms with Gasteiger partial charge in [-0.25, -0.2) is 0 Å². The van der Waals surface area contributed by atoms with Crippen LogP contribution in [-0.4, -0.2) is 11.0 Å². The number of benzene rings is 1. The standard InChI is InChI=1S/C19H23NO2S/c1-19(2,3)12-4-9-15-16(11-23-17(15)10-12)18(22)20-13-5-7-14(21)8-6-13/h5-8,11-12,21H,4,9-10H2,1-3H3,(H,20,22). The zero-order chi connectivity index (χ0) is 16.6. The van der Waals surface area contributed by atoms with Crippen molar-refractivity contribution < 1.29 is 9.90 Å². The van der Waals surface area contributed by atoms with Crippen LogP contribution in [0.2, 0.25) is 0 Å². The second-order valence-corrected chi connectivity index (χ2v) is 8.32. The lowest BCUT2D eigenvalue weighted by Gasteiger charge is -2.34. The minimum Gasteiger partial charge on any atom is -0.508 e. The van der Waals surface area contributed by atoms with E-state index in [1.807, 2.05) is 5.38 Å². The van der Waals surface area contributed by atoms with Gasteiger partial charge in [0.2, 0.25) is 0 Å². The van der Waals surface area contributed by atoms with E-state index in [9.17, 15) is 9.90 Å². The Hall–Kier alpha value is -1.81. The van der Waals surface area contributed by atoms with Gasteiger partial charge in [-0.1, -0.05) is 20.8 Å². The number of amides is 1. The van der Waals surface area contributed by atoms with Crippen LogP contribution in [0.4, 0.5) is 5.69 Å². The molecule has 0 bridgehead atoms. The molecular weight excluding hydrogens is 306 g/mol. The number of aromatic hydroxyl groups is 1. The highest BCUT2D eigenvalue weighted by molar-refractivity contribution is 7.10. The van der Waals surface area contributed by atoms with Gasteiger partial charge in [0.05, 0.1) is 5.56 Å². The summed E-state index contributed by atoms with van der Waals surface area (Å²) in [5.74, 6) is 0.827. The van der Waals surface area contributed by atoms with Gasteiger partial charge in [0.15, 0.2) is 0 Å². The highest BCUT2D eigenvalue weighted by Crippen LogP contribution is 2.40. The molecule has 0 saturated carbocycles. The predicted molar refractivity (Wildman–Crippen MR) is 95.3 cm³/mol. The average Bonchev–Trinajstić information content (AvgIpc) is 2.92. The molecule has 2 aromatic rings. The van der Waals surface area contributed by atoms with Gasteiger partial charge in [-0.05, 0) is 60.4 Å². The van der Waals surface area contributed by atoms with Crippen molar-refractivity contribution in [3.8, 4) is 5.75 Å². The molecule has 1 aliphatic rings. The molecule has 3 nitrogen and oxygen atoms in total. The van der Waals surface area contributed by atoms with Gasteiger partial charge in [-0.15, -0.1) is 11.3 Å². The first-order chi connectivity index (χ1) is 10.8. The summed E-state index contributed by atoms with van der Waals surface area (Å²) in [6.45, 7) is 6.90. The van der Waals surface area contributed by atoms with Crippen molar-refractivity contribution in [1.29, 1.82) is 0 Å². The van der Waals surface area contributed by atoms with E-state index in [4.69, 9.17) is 0 Å². The van der Waals surface area contributed by atoms with Gasteiger partial charge in [-0.2, -0.15) is 0 Å². The second kappa shape index (κ2) is 6.00. The van der Waals surface area contributed by atoms with Crippen LogP contribution in [0.3, 0.4) is 0 Å². The largest absolute Gasteiger partial charge is 0.508 e. The first-order valence-electron chi connectivity index (χ1n) is 8.04. The minimum absolute atomic E-state index is 0.0533. The van der Waals surface area contributed by atoms with Crippen LogP contribution in [0.15, 0.2) is 29.6 Å². The molecule has 1 aromatic heterocycles. The van der Waals surface area contributed by atoms with E-state index in [0.717, 1.165) is 24.8 Å². The highest BCUT2D eigenvalue weighted by atomic mass is 32.1. The number of phenolic OH excluding ortho intramolecular Hbond substituents is 1. The fraction of sp³-hybridized carbons (Fsp3) is 0.421. The van der Waals surface area contributed by atoms with Gasteiger partial charge in [0, 0.05) is 15.9 Å². The zero-order valence-corrected chi connectivity index (χ0v) is 14.7. The Morgan fingerprint density at radius 3 is 2.61 bits per heavy atom. The lowest BCUT2D eigenvalue weighted by molar-refractivity contribution is 0.102. The molecule has 122 valence electrons. The quantitative estimate of drug-likeness (QED) is 0.773. The monoisotopic (exact) mass is 329 g/mol. The van der Waals surface area contributed by atoms with Gasteiger partial charge in [0.1, 0.15) is 5.75 Å². The van der Waals surface area contributed by atoms with Crippen molar-refractivity contribution in [3.63, 3.8) is 0 Å². The molecule has 1 aromatic carbocycles. The summed E-state index contributed by atoms with van der Waals surface area (Å²) in [6, 6.07) is 6.57. The third kappa shape index (κ3) is 3.42. The van der Waals surface area contributed by atoms with Crippen LogP contribution in [-0.2, 0) is 12.8 Å². The molecule has 2 N–H and O–H groups in total. The third-order valence-electron chi connectivity index (χ3n) is 4.75. The Labute approximate surface area is 141 Å². The second-order valence-electron chi connectivity index (χ2n) is 7.36. The third-order valence-corrected chi connectivity index (χ3v) is 5.80. The van der Waals surface area contributed by atoms with Crippen molar-refractivity contribution in [1.82, 2.24) is 0 Å². The van der Waals surface area contributed by atoms with E-state index in [1.54, 1.807) is 35.6 Å². The molecule has 23 heavy (non-hydrogen) atoms. The first kappa shape index (κ1) is 16.1. The Morgan fingerprint density at radius 2 is 1.96 bits per heavy atom. The Morgan fingerprint density at radius 1 is 1.26 bits per heavy atom. The topological polar surface area (TPSA) is 49.3 Å². The Balaban J connectivity index is 1.76. The molecule has 1 heterocycles. The van der Waals surface area contributed by atoms with E-state index in [2.05, 4.69) is 26.1 Å². The summed E-state index contributed by atoms with van der Waals surface area (Å²) in [6.07, 6.45) is 3.21. The molecule has 1 atom stereocenters. The van der Waals surface area contributed by atoms with Crippen LogP contribution in [0.1, 0.15) is 48.0 Å². The zero-order valence-electron chi connectivity index (χ0n) is 13.8. The summed E-state index contributed by atoms with van der Waals surface area (Å²) >= 11 is 1.71. The molecule has 0 fully saturated rings. The molecule has 3 rings (SSSR count). The van der Waals surface area contributed by atoms with Crippen LogP contribution < -0.4 is 5.32 Å². The van der Waals surface area contributed by atoms with E-state index >= 15 is 0 Å². The summed E-state index contributed by atoms with van der Waals surface area (Å²) in [5, 5.41) is 14.2. The van der Waals surface area contributed by atoms with Gasteiger partial charge in [0.25, 0.3) is 5.91 Å². The van der Waals surface area contributed by atoms with Crippen LogP contribution in [0.5, 0.6) is 5.75 Å². The number of carbonyl (C=O) groups excluding carboxylic acids is 1. The normalized spacial score (nSPS) is 17.6. The van der Waals surface area contributed by atoms with Gasteiger partial charge < -0.3 is 10.4 Å². The van der Waals surface area contributed by atoms with Crippen molar-refractivity contribution in [2.45, 2.75) is 40.0 Å². The summed E-state index contributed by atoms with van der Waals surface area (Å²) in [5.41, 5.74) is 3.06. The van der Waals surface area contributed by atoms with Crippen molar-refractivity contribution in [3.05, 3.63) is 45.6 Å². The molecular formula is C19H23NO2S. The lowest BCUT2D eigenvalue weighted by atomic mass is 9.72. The highest BCUT2D eigenvalue weighted by Gasteiger charge is 2.31. The number of rotatable bonds is 2. The van der Waals surface area contributed by atoms with Crippen molar-refractivity contribution >= 4 is 22.9 Å². The minimum atomic E-state index is -0.0533. The molecule has 0 radical (unpaired) electrons. The fourth-order valence-corrected chi connectivity index (χ4v) is 4.35. The number of hydrogen-bond acceptors (Lipinski definition) is 3.